The lowest BCUT2D eigenvalue weighted by Gasteiger charge is -2.06. The second-order valence-electron chi connectivity index (χ2n) is 4.43. The van der Waals surface area contributed by atoms with E-state index in [-0.39, 0.29) is 0 Å². The Kier molecular flexibility index (Phi) is 2.84. The van der Waals surface area contributed by atoms with Gasteiger partial charge in [-0.05, 0) is 34.3 Å². The zero-order chi connectivity index (χ0) is 13.2. The average Bonchev–Trinajstić information content (AvgIpc) is 2.48. The Morgan fingerprint density at radius 1 is 0.895 bits per heavy atom. The van der Waals surface area contributed by atoms with Gasteiger partial charge in [0.2, 0.25) is 0 Å². The van der Waals surface area contributed by atoms with Crippen LogP contribution >= 0.6 is 0 Å². The molecule has 0 aliphatic heterocycles. The van der Waals surface area contributed by atoms with Crippen LogP contribution in [0.4, 0.5) is 0 Å². The van der Waals surface area contributed by atoms with Crippen molar-refractivity contribution >= 4 is 34.1 Å². The van der Waals surface area contributed by atoms with Crippen LogP contribution in [0.1, 0.15) is 5.56 Å². The molecule has 0 amide bonds. The molecule has 19 heavy (non-hydrogen) atoms. The summed E-state index contributed by atoms with van der Waals surface area (Å²) in [6.07, 6.45) is 0. The standard InChI is InChI=1S/C17H14N2/c1-18-17(19-2)14-10-9-13-8-7-12-5-3-4-6-15(12)16(13)11-14/h3-11H,1H2,2H3. The van der Waals surface area contributed by atoms with E-state index in [1.807, 2.05) is 6.07 Å². The fourth-order valence-electron chi connectivity index (χ4n) is 2.43. The first-order valence-corrected chi connectivity index (χ1v) is 6.19. The summed E-state index contributed by atoms with van der Waals surface area (Å²) < 4.78 is 0. The lowest BCUT2D eigenvalue weighted by Crippen LogP contribution is -1.95. The molecule has 0 N–H and O–H groups in total. The van der Waals surface area contributed by atoms with Gasteiger partial charge in [0.1, 0.15) is 0 Å². The first-order chi connectivity index (χ1) is 9.33. The molecule has 3 aromatic carbocycles. The Labute approximate surface area is 112 Å². The lowest BCUT2D eigenvalue weighted by atomic mass is 10.00. The highest BCUT2D eigenvalue weighted by Crippen LogP contribution is 2.26. The van der Waals surface area contributed by atoms with Crippen molar-refractivity contribution < 1.29 is 0 Å². The van der Waals surface area contributed by atoms with Crippen molar-refractivity contribution in [1.82, 2.24) is 0 Å². The Balaban J connectivity index is 2.37. The molecule has 2 nitrogen and oxygen atoms in total. The van der Waals surface area contributed by atoms with Crippen LogP contribution in [0, 0.1) is 0 Å². The van der Waals surface area contributed by atoms with E-state index in [9.17, 15) is 0 Å². The maximum Gasteiger partial charge on any atom is 0.153 e. The SMILES string of the molecule is C=NC(=NC)c1ccc2ccc3ccccc3c2c1. The quantitative estimate of drug-likeness (QED) is 0.351. The molecule has 2 heteroatoms. The topological polar surface area (TPSA) is 24.7 Å². The molecule has 0 aromatic heterocycles. The number of fused-ring (bicyclic) bond motifs is 3. The normalized spacial score (nSPS) is 11.9. The summed E-state index contributed by atoms with van der Waals surface area (Å²) in [5.74, 6) is 0.676. The first-order valence-electron chi connectivity index (χ1n) is 6.19. The highest BCUT2D eigenvalue weighted by molar-refractivity contribution is 6.11. The lowest BCUT2D eigenvalue weighted by molar-refractivity contribution is 1.40. The smallest absolute Gasteiger partial charge is 0.153 e. The number of hydrogen-bond donors (Lipinski definition) is 0. The van der Waals surface area contributed by atoms with E-state index < -0.39 is 0 Å². The molecule has 0 saturated heterocycles. The summed E-state index contributed by atoms with van der Waals surface area (Å²) in [5.41, 5.74) is 1.00. The van der Waals surface area contributed by atoms with Gasteiger partial charge in [0.25, 0.3) is 0 Å². The third-order valence-electron chi connectivity index (χ3n) is 3.37. The molecule has 0 radical (unpaired) electrons. The summed E-state index contributed by atoms with van der Waals surface area (Å²) >= 11 is 0. The minimum atomic E-state index is 0.676. The molecule has 0 aliphatic carbocycles. The number of amidine groups is 1. The minimum absolute atomic E-state index is 0.676. The van der Waals surface area contributed by atoms with Crippen molar-refractivity contribution in [2.45, 2.75) is 0 Å². The van der Waals surface area contributed by atoms with Crippen LogP contribution in [-0.4, -0.2) is 19.6 Å². The maximum atomic E-state index is 4.15. The Morgan fingerprint density at radius 2 is 1.58 bits per heavy atom. The van der Waals surface area contributed by atoms with E-state index in [0.717, 1.165) is 5.56 Å². The molecule has 0 unspecified atom stereocenters. The zero-order valence-corrected chi connectivity index (χ0v) is 10.8. The van der Waals surface area contributed by atoms with Crippen LogP contribution in [0.25, 0.3) is 21.5 Å². The van der Waals surface area contributed by atoms with Gasteiger partial charge < -0.3 is 0 Å². The highest BCUT2D eigenvalue weighted by atomic mass is 14.9. The van der Waals surface area contributed by atoms with Crippen LogP contribution in [0.2, 0.25) is 0 Å². The van der Waals surface area contributed by atoms with Crippen molar-refractivity contribution in [2.75, 3.05) is 7.05 Å². The number of nitrogens with zero attached hydrogens (tertiary/aromatic N) is 2. The fourth-order valence-corrected chi connectivity index (χ4v) is 2.43. The predicted octanol–water partition coefficient (Wildman–Crippen LogP) is 4.07. The Hall–Kier alpha value is -2.48. The van der Waals surface area contributed by atoms with Crippen LogP contribution in [0.3, 0.4) is 0 Å². The fraction of sp³-hybridized carbons (Fsp3) is 0.0588. The third-order valence-corrected chi connectivity index (χ3v) is 3.37. The van der Waals surface area contributed by atoms with E-state index in [2.05, 4.69) is 65.2 Å². The molecule has 3 rings (SSSR count). The van der Waals surface area contributed by atoms with Gasteiger partial charge in [-0.2, -0.15) is 0 Å². The average molecular weight is 246 g/mol. The molecule has 3 aromatic rings. The summed E-state index contributed by atoms with van der Waals surface area (Å²) in [5, 5.41) is 4.94. The van der Waals surface area contributed by atoms with Gasteiger partial charge in [-0.1, -0.05) is 48.5 Å². The summed E-state index contributed by atoms with van der Waals surface area (Å²) in [7, 11) is 1.73. The second kappa shape index (κ2) is 4.65. The molecule has 92 valence electrons. The molecular formula is C17H14N2. The van der Waals surface area contributed by atoms with Gasteiger partial charge in [-0.25, -0.2) is 4.99 Å². The minimum Gasteiger partial charge on any atom is -0.270 e. The monoisotopic (exact) mass is 246 g/mol. The first kappa shape index (κ1) is 11.6. The van der Waals surface area contributed by atoms with E-state index in [1.54, 1.807) is 7.05 Å². The number of rotatable bonds is 1. The number of hydrogen-bond acceptors (Lipinski definition) is 1. The molecular weight excluding hydrogens is 232 g/mol. The van der Waals surface area contributed by atoms with E-state index in [0.29, 0.717) is 5.84 Å². The van der Waals surface area contributed by atoms with Crippen LogP contribution in [-0.2, 0) is 0 Å². The summed E-state index contributed by atoms with van der Waals surface area (Å²) in [6.45, 7) is 3.57. The zero-order valence-electron chi connectivity index (χ0n) is 10.8. The van der Waals surface area contributed by atoms with E-state index in [1.165, 1.54) is 21.5 Å². The summed E-state index contributed by atoms with van der Waals surface area (Å²) in [4.78, 5) is 8.11. The van der Waals surface area contributed by atoms with Gasteiger partial charge in [0.05, 0.1) is 0 Å². The van der Waals surface area contributed by atoms with E-state index >= 15 is 0 Å². The van der Waals surface area contributed by atoms with Gasteiger partial charge in [-0.15, -0.1) is 0 Å². The van der Waals surface area contributed by atoms with Crippen LogP contribution in [0.5, 0.6) is 0 Å². The molecule has 0 heterocycles. The van der Waals surface area contributed by atoms with Gasteiger partial charge in [0, 0.05) is 12.6 Å². The molecule has 0 atom stereocenters. The van der Waals surface area contributed by atoms with Crippen LogP contribution in [0.15, 0.2) is 64.6 Å². The van der Waals surface area contributed by atoms with Gasteiger partial charge in [0.15, 0.2) is 5.84 Å². The van der Waals surface area contributed by atoms with Crippen molar-refractivity contribution in [3.8, 4) is 0 Å². The van der Waals surface area contributed by atoms with Crippen molar-refractivity contribution in [3.63, 3.8) is 0 Å². The Morgan fingerprint density at radius 3 is 2.32 bits per heavy atom. The largest absolute Gasteiger partial charge is 0.270 e. The van der Waals surface area contributed by atoms with E-state index in [4.69, 9.17) is 0 Å². The Bertz CT molecular complexity index is 801. The summed E-state index contributed by atoms with van der Waals surface area (Å²) in [6, 6.07) is 19.0. The second-order valence-corrected chi connectivity index (χ2v) is 4.43. The third kappa shape index (κ3) is 1.91. The van der Waals surface area contributed by atoms with Crippen molar-refractivity contribution in [3.05, 3.63) is 60.2 Å². The molecule has 0 aliphatic rings. The molecule has 0 spiro atoms. The molecule has 0 fully saturated rings. The maximum absolute atomic E-state index is 4.15. The highest BCUT2D eigenvalue weighted by Gasteiger charge is 2.04. The van der Waals surface area contributed by atoms with Crippen LogP contribution < -0.4 is 0 Å². The molecule has 0 saturated carbocycles. The number of aliphatic imine (C=N–C) groups is 2. The van der Waals surface area contributed by atoms with Crippen molar-refractivity contribution in [1.29, 1.82) is 0 Å². The number of benzene rings is 3. The van der Waals surface area contributed by atoms with Crippen molar-refractivity contribution in [2.24, 2.45) is 9.98 Å². The van der Waals surface area contributed by atoms with Gasteiger partial charge in [-0.3, -0.25) is 4.99 Å². The van der Waals surface area contributed by atoms with Gasteiger partial charge >= 0.3 is 0 Å². The molecule has 0 bridgehead atoms. The predicted molar refractivity (Wildman–Crippen MR) is 83.5 cm³/mol.